The van der Waals surface area contributed by atoms with E-state index in [2.05, 4.69) is 20.8 Å². The summed E-state index contributed by atoms with van der Waals surface area (Å²) >= 11 is 6.02. The molecule has 0 unspecified atom stereocenters. The van der Waals surface area contributed by atoms with Crippen LogP contribution in [0.4, 0.5) is 11.5 Å². The van der Waals surface area contributed by atoms with Gasteiger partial charge in [0.05, 0.1) is 0 Å². The van der Waals surface area contributed by atoms with E-state index in [0.717, 1.165) is 16.8 Å². The predicted octanol–water partition coefficient (Wildman–Crippen LogP) is 3.84. The Hall–Kier alpha value is -3.32. The van der Waals surface area contributed by atoms with Crippen LogP contribution in [0, 0.1) is 6.92 Å². The van der Waals surface area contributed by atoms with Crippen molar-refractivity contribution in [2.75, 3.05) is 12.1 Å². The second-order valence-corrected chi connectivity index (χ2v) is 6.69. The Morgan fingerprint density at radius 2 is 1.93 bits per heavy atom. The molecule has 0 radical (unpaired) electrons. The topological polar surface area (TPSA) is 85.4 Å². The maximum atomic E-state index is 12.3. The van der Waals surface area contributed by atoms with Crippen LogP contribution < -0.4 is 20.1 Å². The van der Waals surface area contributed by atoms with Crippen molar-refractivity contribution in [2.24, 2.45) is 0 Å². The summed E-state index contributed by atoms with van der Waals surface area (Å²) in [6.45, 7) is 2.53. The van der Waals surface area contributed by atoms with Gasteiger partial charge in [-0.15, -0.1) is 10.2 Å². The minimum atomic E-state index is -0.310. The van der Waals surface area contributed by atoms with E-state index in [4.69, 9.17) is 21.1 Å². The van der Waals surface area contributed by atoms with Crippen LogP contribution in [0.2, 0.25) is 5.02 Å². The van der Waals surface area contributed by atoms with E-state index in [9.17, 15) is 4.79 Å². The van der Waals surface area contributed by atoms with E-state index < -0.39 is 0 Å². The summed E-state index contributed by atoms with van der Waals surface area (Å²) in [6.07, 6.45) is 0. The maximum Gasteiger partial charge on any atom is 0.272 e. The van der Waals surface area contributed by atoms with Crippen molar-refractivity contribution in [2.45, 2.75) is 13.5 Å². The molecule has 0 saturated carbocycles. The molecule has 2 aromatic carbocycles. The zero-order valence-electron chi connectivity index (χ0n) is 15.0. The van der Waals surface area contributed by atoms with Crippen molar-refractivity contribution in [1.82, 2.24) is 15.5 Å². The second-order valence-electron chi connectivity index (χ2n) is 6.26. The molecule has 0 bridgehead atoms. The van der Waals surface area contributed by atoms with Gasteiger partial charge in [0.1, 0.15) is 0 Å². The van der Waals surface area contributed by atoms with Gasteiger partial charge in [-0.2, -0.15) is 0 Å². The normalized spacial score (nSPS) is 11.9. The first-order chi connectivity index (χ1) is 13.6. The van der Waals surface area contributed by atoms with Crippen LogP contribution in [0.3, 0.4) is 0 Å². The molecule has 142 valence electrons. The van der Waals surface area contributed by atoms with Gasteiger partial charge in [-0.25, -0.2) is 0 Å². The highest BCUT2D eigenvalue weighted by Gasteiger charge is 2.14. The van der Waals surface area contributed by atoms with E-state index in [1.807, 2.05) is 43.3 Å². The molecule has 8 heteroatoms. The first kappa shape index (κ1) is 18.1. The summed E-state index contributed by atoms with van der Waals surface area (Å²) < 4.78 is 10.6. The molecular weight excluding hydrogens is 380 g/mol. The van der Waals surface area contributed by atoms with Gasteiger partial charge in [0.25, 0.3) is 5.91 Å². The molecule has 0 aliphatic carbocycles. The summed E-state index contributed by atoms with van der Waals surface area (Å²) in [5, 5.41) is 14.6. The van der Waals surface area contributed by atoms with Gasteiger partial charge >= 0.3 is 0 Å². The van der Waals surface area contributed by atoms with Crippen LogP contribution in [0.25, 0.3) is 0 Å². The number of amides is 1. The number of carbonyl (C=O) groups is 1. The number of benzene rings is 2. The maximum absolute atomic E-state index is 12.3. The second kappa shape index (κ2) is 7.74. The summed E-state index contributed by atoms with van der Waals surface area (Å²) in [5.41, 5.74) is 2.99. The average molecular weight is 397 g/mol. The first-order valence-corrected chi connectivity index (χ1v) is 9.00. The van der Waals surface area contributed by atoms with Crippen LogP contribution in [0.15, 0.2) is 48.5 Å². The quantitative estimate of drug-likeness (QED) is 0.681. The van der Waals surface area contributed by atoms with E-state index in [-0.39, 0.29) is 18.4 Å². The highest BCUT2D eigenvalue weighted by molar-refractivity contribution is 6.30. The molecular formula is C20H17ClN4O3. The lowest BCUT2D eigenvalue weighted by atomic mass is 10.2. The lowest BCUT2D eigenvalue weighted by Crippen LogP contribution is -2.24. The smallest absolute Gasteiger partial charge is 0.272 e. The SMILES string of the molecule is Cc1ccc(Cl)cc1Nc1ccc(C(=O)NCc2ccc3c(c2)OCO3)nn1. The summed E-state index contributed by atoms with van der Waals surface area (Å²) in [4.78, 5) is 12.3. The fraction of sp³-hybridized carbons (Fsp3) is 0.150. The third-order valence-electron chi connectivity index (χ3n) is 4.25. The first-order valence-electron chi connectivity index (χ1n) is 8.62. The van der Waals surface area contributed by atoms with Crippen molar-refractivity contribution in [3.8, 4) is 11.5 Å². The van der Waals surface area contributed by atoms with Crippen LogP contribution in [0.5, 0.6) is 11.5 Å². The third kappa shape index (κ3) is 3.99. The number of carbonyl (C=O) groups excluding carboxylic acids is 1. The Morgan fingerprint density at radius 3 is 2.75 bits per heavy atom. The average Bonchev–Trinajstić information content (AvgIpc) is 3.17. The lowest BCUT2D eigenvalue weighted by molar-refractivity contribution is 0.0945. The molecule has 2 N–H and O–H groups in total. The summed E-state index contributed by atoms with van der Waals surface area (Å²) in [7, 11) is 0. The molecule has 1 aliphatic heterocycles. The number of nitrogens with zero attached hydrogens (tertiary/aromatic N) is 2. The predicted molar refractivity (Wildman–Crippen MR) is 105 cm³/mol. The van der Waals surface area contributed by atoms with Gasteiger partial charge < -0.3 is 20.1 Å². The minimum absolute atomic E-state index is 0.218. The van der Waals surface area contributed by atoms with E-state index in [1.165, 1.54) is 0 Å². The molecule has 4 rings (SSSR count). The number of nitrogens with one attached hydrogen (secondary N) is 2. The number of fused-ring (bicyclic) bond motifs is 1. The third-order valence-corrected chi connectivity index (χ3v) is 4.48. The number of aromatic nitrogens is 2. The number of anilines is 2. The van der Waals surface area contributed by atoms with Crippen LogP contribution in [-0.2, 0) is 6.54 Å². The number of hydrogen-bond acceptors (Lipinski definition) is 6. The molecule has 0 atom stereocenters. The number of hydrogen-bond donors (Lipinski definition) is 2. The summed E-state index contributed by atoms with van der Waals surface area (Å²) in [5.74, 6) is 1.60. The Labute approximate surface area is 166 Å². The van der Waals surface area contributed by atoms with Crippen molar-refractivity contribution < 1.29 is 14.3 Å². The molecule has 28 heavy (non-hydrogen) atoms. The van der Waals surface area contributed by atoms with Crippen molar-refractivity contribution in [3.05, 3.63) is 70.4 Å². The van der Waals surface area contributed by atoms with Crippen LogP contribution >= 0.6 is 11.6 Å². The van der Waals surface area contributed by atoms with Gasteiger partial charge in [0.15, 0.2) is 23.0 Å². The molecule has 0 spiro atoms. The zero-order valence-corrected chi connectivity index (χ0v) is 15.8. The Bertz CT molecular complexity index is 1020. The van der Waals surface area contributed by atoms with E-state index in [0.29, 0.717) is 28.9 Å². The van der Waals surface area contributed by atoms with E-state index >= 15 is 0 Å². The van der Waals surface area contributed by atoms with Crippen molar-refractivity contribution >= 4 is 29.0 Å². The number of halogens is 1. The van der Waals surface area contributed by atoms with Crippen molar-refractivity contribution in [1.29, 1.82) is 0 Å². The van der Waals surface area contributed by atoms with Gasteiger partial charge in [-0.3, -0.25) is 4.79 Å². The molecule has 7 nitrogen and oxygen atoms in total. The number of ether oxygens (including phenoxy) is 2. The Kier molecular flexibility index (Phi) is 4.99. The van der Waals surface area contributed by atoms with Crippen LogP contribution in [0.1, 0.15) is 21.6 Å². The number of rotatable bonds is 5. The fourth-order valence-corrected chi connectivity index (χ4v) is 2.88. The van der Waals surface area contributed by atoms with Gasteiger partial charge in [-0.1, -0.05) is 23.7 Å². The number of aryl methyl sites for hydroxylation is 1. The molecule has 2 heterocycles. The molecule has 1 amide bonds. The molecule has 0 fully saturated rings. The zero-order chi connectivity index (χ0) is 19.5. The molecule has 1 aliphatic rings. The molecule has 0 saturated heterocycles. The highest BCUT2D eigenvalue weighted by Crippen LogP contribution is 2.32. The molecule has 1 aromatic heterocycles. The highest BCUT2D eigenvalue weighted by atomic mass is 35.5. The Morgan fingerprint density at radius 1 is 1.07 bits per heavy atom. The lowest BCUT2D eigenvalue weighted by Gasteiger charge is -2.09. The van der Waals surface area contributed by atoms with E-state index in [1.54, 1.807) is 12.1 Å². The monoisotopic (exact) mass is 396 g/mol. The van der Waals surface area contributed by atoms with Gasteiger partial charge in [0, 0.05) is 17.3 Å². The standard InChI is InChI=1S/C20H17ClN4O3/c1-12-2-4-14(21)9-16(12)23-19-7-5-15(24-25-19)20(26)22-10-13-3-6-17-18(8-13)28-11-27-17/h2-9H,10-11H2,1H3,(H,22,26)(H,23,25). The molecule has 3 aromatic rings. The van der Waals surface area contributed by atoms with Gasteiger partial charge in [0.2, 0.25) is 6.79 Å². The van der Waals surface area contributed by atoms with Gasteiger partial charge in [-0.05, 0) is 54.4 Å². The minimum Gasteiger partial charge on any atom is -0.454 e. The van der Waals surface area contributed by atoms with Crippen LogP contribution in [-0.4, -0.2) is 22.9 Å². The summed E-state index contributed by atoms with van der Waals surface area (Å²) in [6, 6.07) is 14.4. The Balaban J connectivity index is 1.38. The van der Waals surface area contributed by atoms with Crippen molar-refractivity contribution in [3.63, 3.8) is 0 Å². The largest absolute Gasteiger partial charge is 0.454 e. The fourth-order valence-electron chi connectivity index (χ4n) is 2.71.